The topological polar surface area (TPSA) is 52.6 Å². The second-order valence-corrected chi connectivity index (χ2v) is 3.48. The summed E-state index contributed by atoms with van der Waals surface area (Å²) >= 11 is 0. The Bertz CT molecular complexity index is 407. The van der Waals surface area contributed by atoms with Crippen LogP contribution in [0.4, 0.5) is 9.18 Å². The van der Waals surface area contributed by atoms with E-state index in [1.54, 1.807) is 25.3 Å². The number of aliphatic hydroxyl groups is 1. The Morgan fingerprint density at radius 1 is 1.59 bits per heavy atom. The molecule has 17 heavy (non-hydrogen) atoms. The van der Waals surface area contributed by atoms with Gasteiger partial charge in [0.25, 0.3) is 0 Å². The molecule has 0 unspecified atom stereocenters. The van der Waals surface area contributed by atoms with E-state index in [1.807, 2.05) is 0 Å². The van der Waals surface area contributed by atoms with Gasteiger partial charge >= 0.3 is 6.03 Å². The van der Waals surface area contributed by atoms with Crippen LogP contribution in [0.3, 0.4) is 0 Å². The first-order valence-corrected chi connectivity index (χ1v) is 5.18. The fraction of sp³-hybridized carbons (Fsp3) is 0.250. The summed E-state index contributed by atoms with van der Waals surface area (Å²) in [5.41, 5.74) is 0.662. The average Bonchev–Trinajstić information content (AvgIpc) is 2.29. The van der Waals surface area contributed by atoms with Crippen molar-refractivity contribution in [3.05, 3.63) is 41.8 Å². The molecular formula is C12H15FN2O2. The van der Waals surface area contributed by atoms with Crippen molar-refractivity contribution in [2.45, 2.75) is 0 Å². The van der Waals surface area contributed by atoms with Gasteiger partial charge in [-0.25, -0.2) is 9.18 Å². The van der Waals surface area contributed by atoms with Gasteiger partial charge in [0.2, 0.25) is 0 Å². The summed E-state index contributed by atoms with van der Waals surface area (Å²) in [4.78, 5) is 12.7. The van der Waals surface area contributed by atoms with Crippen LogP contribution in [-0.2, 0) is 0 Å². The number of aliphatic hydroxyl groups excluding tert-OH is 1. The molecule has 92 valence electrons. The van der Waals surface area contributed by atoms with Gasteiger partial charge in [0.15, 0.2) is 0 Å². The van der Waals surface area contributed by atoms with E-state index in [0.717, 1.165) is 0 Å². The second kappa shape index (κ2) is 6.65. The first-order valence-electron chi connectivity index (χ1n) is 5.18. The third kappa shape index (κ3) is 4.65. The first-order chi connectivity index (χ1) is 8.13. The number of carbonyl (C=O) groups is 1. The number of amides is 2. The van der Waals surface area contributed by atoms with Crippen LogP contribution < -0.4 is 5.32 Å². The van der Waals surface area contributed by atoms with Crippen molar-refractivity contribution in [2.75, 3.05) is 20.2 Å². The van der Waals surface area contributed by atoms with Crippen LogP contribution >= 0.6 is 0 Å². The molecule has 1 aromatic carbocycles. The highest BCUT2D eigenvalue weighted by atomic mass is 19.1. The predicted octanol–water partition coefficient (Wildman–Crippen LogP) is 1.43. The zero-order valence-electron chi connectivity index (χ0n) is 9.56. The smallest absolute Gasteiger partial charge is 0.321 e. The SMILES string of the molecule is CN(CCO)C(=O)N/C=C/c1cccc(F)c1. The van der Waals surface area contributed by atoms with E-state index in [4.69, 9.17) is 5.11 Å². The molecule has 2 amide bonds. The number of carbonyl (C=O) groups excluding carboxylic acids is 1. The van der Waals surface area contributed by atoms with Gasteiger partial charge in [-0.2, -0.15) is 0 Å². The Labute approximate surface area is 99.4 Å². The standard InChI is InChI=1S/C12H15FN2O2/c1-15(7-8-16)12(17)14-6-5-10-3-2-4-11(13)9-10/h2-6,9,16H,7-8H2,1H3,(H,14,17)/b6-5+. The summed E-state index contributed by atoms with van der Waals surface area (Å²) in [6.07, 6.45) is 3.03. The maximum atomic E-state index is 12.8. The lowest BCUT2D eigenvalue weighted by Crippen LogP contribution is -2.36. The number of nitrogens with one attached hydrogen (secondary N) is 1. The minimum Gasteiger partial charge on any atom is -0.395 e. The number of urea groups is 1. The molecule has 0 aliphatic heterocycles. The minimum absolute atomic E-state index is 0.0858. The fourth-order valence-electron chi connectivity index (χ4n) is 1.18. The summed E-state index contributed by atoms with van der Waals surface area (Å²) in [6, 6.07) is 5.70. The Balaban J connectivity index is 2.47. The molecule has 0 fully saturated rings. The second-order valence-electron chi connectivity index (χ2n) is 3.48. The molecule has 1 rings (SSSR count). The normalized spacial score (nSPS) is 10.5. The number of hydrogen-bond acceptors (Lipinski definition) is 2. The number of benzene rings is 1. The quantitative estimate of drug-likeness (QED) is 0.833. The lowest BCUT2D eigenvalue weighted by atomic mass is 10.2. The lowest BCUT2D eigenvalue weighted by molar-refractivity contribution is 0.194. The summed E-state index contributed by atoms with van der Waals surface area (Å²) in [6.45, 7) is 0.178. The van der Waals surface area contributed by atoms with Gasteiger partial charge in [0, 0.05) is 19.8 Å². The molecular weight excluding hydrogens is 223 g/mol. The monoisotopic (exact) mass is 238 g/mol. The van der Waals surface area contributed by atoms with Crippen LogP contribution in [0, 0.1) is 5.82 Å². The highest BCUT2D eigenvalue weighted by molar-refractivity contribution is 5.75. The fourth-order valence-corrected chi connectivity index (χ4v) is 1.18. The average molecular weight is 238 g/mol. The third-order valence-electron chi connectivity index (χ3n) is 2.11. The maximum Gasteiger partial charge on any atom is 0.321 e. The van der Waals surface area contributed by atoms with Crippen LogP contribution in [0.15, 0.2) is 30.5 Å². The van der Waals surface area contributed by atoms with Crippen molar-refractivity contribution >= 4 is 12.1 Å². The van der Waals surface area contributed by atoms with E-state index in [1.165, 1.54) is 23.2 Å². The van der Waals surface area contributed by atoms with Gasteiger partial charge in [-0.1, -0.05) is 12.1 Å². The van der Waals surface area contributed by atoms with Crippen LogP contribution in [0.5, 0.6) is 0 Å². The zero-order valence-corrected chi connectivity index (χ0v) is 9.56. The van der Waals surface area contributed by atoms with E-state index >= 15 is 0 Å². The van der Waals surface area contributed by atoms with Crippen LogP contribution in [0.2, 0.25) is 0 Å². The van der Waals surface area contributed by atoms with E-state index in [0.29, 0.717) is 5.56 Å². The van der Waals surface area contributed by atoms with Gasteiger partial charge in [-0.3, -0.25) is 0 Å². The highest BCUT2D eigenvalue weighted by Gasteiger charge is 2.03. The number of hydrogen-bond donors (Lipinski definition) is 2. The highest BCUT2D eigenvalue weighted by Crippen LogP contribution is 2.04. The molecule has 0 saturated carbocycles. The van der Waals surface area contributed by atoms with Gasteiger partial charge in [-0.05, 0) is 23.8 Å². The van der Waals surface area contributed by atoms with Crippen molar-refractivity contribution < 1.29 is 14.3 Å². The Morgan fingerprint density at radius 2 is 2.35 bits per heavy atom. The number of likely N-dealkylation sites (N-methyl/N-ethyl adjacent to an activating group) is 1. The molecule has 0 spiro atoms. The Kier molecular flexibility index (Phi) is 5.16. The molecule has 0 saturated heterocycles. The third-order valence-corrected chi connectivity index (χ3v) is 2.11. The molecule has 0 aliphatic rings. The van der Waals surface area contributed by atoms with Gasteiger partial charge in [0.05, 0.1) is 6.61 Å². The van der Waals surface area contributed by atoms with E-state index < -0.39 is 0 Å². The molecule has 2 N–H and O–H groups in total. The van der Waals surface area contributed by atoms with Crippen molar-refractivity contribution in [1.29, 1.82) is 0 Å². The van der Waals surface area contributed by atoms with Gasteiger partial charge in [-0.15, -0.1) is 0 Å². The summed E-state index contributed by atoms with van der Waals surface area (Å²) in [5, 5.41) is 11.1. The maximum absolute atomic E-state index is 12.8. The Hall–Kier alpha value is -1.88. The predicted molar refractivity (Wildman–Crippen MR) is 63.7 cm³/mol. The van der Waals surface area contributed by atoms with E-state index in [2.05, 4.69) is 5.32 Å². The summed E-state index contributed by atoms with van der Waals surface area (Å²) in [5.74, 6) is -0.323. The van der Waals surface area contributed by atoms with Crippen LogP contribution in [0.25, 0.3) is 6.08 Å². The first kappa shape index (κ1) is 13.2. The molecule has 5 heteroatoms. The number of nitrogens with zero attached hydrogens (tertiary/aromatic N) is 1. The van der Waals surface area contributed by atoms with Crippen molar-refractivity contribution in [1.82, 2.24) is 10.2 Å². The van der Waals surface area contributed by atoms with Crippen molar-refractivity contribution in [3.8, 4) is 0 Å². The minimum atomic E-state index is -0.327. The molecule has 0 radical (unpaired) electrons. The molecule has 0 aromatic heterocycles. The van der Waals surface area contributed by atoms with E-state index in [9.17, 15) is 9.18 Å². The van der Waals surface area contributed by atoms with E-state index in [-0.39, 0.29) is 25.0 Å². The number of rotatable bonds is 4. The summed E-state index contributed by atoms with van der Waals surface area (Å²) < 4.78 is 12.8. The van der Waals surface area contributed by atoms with Gasteiger partial charge in [0.1, 0.15) is 5.82 Å². The lowest BCUT2D eigenvalue weighted by Gasteiger charge is -2.14. The largest absolute Gasteiger partial charge is 0.395 e. The van der Waals surface area contributed by atoms with Crippen molar-refractivity contribution in [2.24, 2.45) is 0 Å². The van der Waals surface area contributed by atoms with Gasteiger partial charge < -0.3 is 15.3 Å². The molecule has 0 aliphatic carbocycles. The number of halogens is 1. The molecule has 0 heterocycles. The zero-order chi connectivity index (χ0) is 12.7. The van der Waals surface area contributed by atoms with Crippen molar-refractivity contribution in [3.63, 3.8) is 0 Å². The molecule has 0 atom stereocenters. The molecule has 0 bridgehead atoms. The molecule has 1 aromatic rings. The summed E-state index contributed by atoms with van der Waals surface area (Å²) in [7, 11) is 1.57. The van der Waals surface area contributed by atoms with Crippen LogP contribution in [-0.4, -0.2) is 36.2 Å². The Morgan fingerprint density at radius 3 is 3.00 bits per heavy atom. The van der Waals surface area contributed by atoms with Crippen LogP contribution in [0.1, 0.15) is 5.56 Å². The molecule has 4 nitrogen and oxygen atoms in total.